The number of β-lactam (4-membered cyclic amide) rings is 1. The van der Waals surface area contributed by atoms with Crippen molar-refractivity contribution >= 4 is 34.8 Å². The van der Waals surface area contributed by atoms with Gasteiger partial charge >= 0.3 is 5.97 Å². The number of hydrogen-bond donors (Lipinski definition) is 3. The molecule has 2 bridgehead atoms. The van der Waals surface area contributed by atoms with E-state index < -0.39 is 24.0 Å². The summed E-state index contributed by atoms with van der Waals surface area (Å²) < 4.78 is 7.05. The van der Waals surface area contributed by atoms with Crippen LogP contribution in [0.3, 0.4) is 0 Å². The second-order valence-electron chi connectivity index (χ2n) is 14.9. The third kappa shape index (κ3) is 4.98. The van der Waals surface area contributed by atoms with Gasteiger partial charge in [-0.1, -0.05) is 31.2 Å². The first-order valence-electron chi connectivity index (χ1n) is 17.4. The number of methoxy groups -OCH3 is 1. The highest BCUT2D eigenvalue weighted by Gasteiger charge is 2.60. The van der Waals surface area contributed by atoms with Gasteiger partial charge in [-0.15, -0.1) is 0 Å². The summed E-state index contributed by atoms with van der Waals surface area (Å²) in [6.45, 7) is 10.5. The lowest BCUT2D eigenvalue weighted by Gasteiger charge is -2.55. The molecule has 2 amide bonds. The van der Waals surface area contributed by atoms with E-state index in [1.165, 1.54) is 10.5 Å². The van der Waals surface area contributed by atoms with Crippen LogP contribution in [0.5, 0.6) is 5.75 Å². The number of nitrogens with zero attached hydrogens (tertiary/aromatic N) is 3. The molecule has 0 aromatic heterocycles. The van der Waals surface area contributed by atoms with Crippen LogP contribution in [-0.4, -0.2) is 113 Å². The number of quaternary nitrogens is 2. The Hall–Kier alpha value is -4.84. The third-order valence-electron chi connectivity index (χ3n) is 12.1. The highest BCUT2D eigenvalue weighted by atomic mass is 16.5. The number of carboxylic acids is 1. The topological polar surface area (TPSA) is 133 Å². The lowest BCUT2D eigenvalue weighted by molar-refractivity contribution is -1.08. The van der Waals surface area contributed by atoms with Crippen LogP contribution >= 0.6 is 0 Å². The molecule has 258 valence electrons. The number of aliphatic hydroxyl groups excluding tert-OH is 1. The summed E-state index contributed by atoms with van der Waals surface area (Å²) in [7, 11) is 1.61. The van der Waals surface area contributed by atoms with Crippen molar-refractivity contribution in [2.75, 3.05) is 58.2 Å². The molecule has 11 heteroatoms. The van der Waals surface area contributed by atoms with Crippen molar-refractivity contribution in [3.8, 4) is 16.9 Å². The number of aliphatic hydroxyl groups is 1. The zero-order chi connectivity index (χ0) is 35.1. The normalized spacial score (nSPS) is 28.2. The Morgan fingerprint density at radius 3 is 2.30 bits per heavy atom. The minimum Gasteiger partial charge on any atom is -0.497 e. The molecule has 4 atom stereocenters. The number of carboxylic acid groups (broad SMARTS) is 1. The molecular weight excluding hydrogens is 636 g/mol. The Bertz CT molecular complexity index is 1990. The van der Waals surface area contributed by atoms with Crippen LogP contribution in [0.1, 0.15) is 40.9 Å². The molecule has 0 saturated carbocycles. The van der Waals surface area contributed by atoms with Crippen molar-refractivity contribution in [3.63, 3.8) is 0 Å². The Kier molecular flexibility index (Phi) is 7.52. The van der Waals surface area contributed by atoms with Gasteiger partial charge in [0.25, 0.3) is 5.91 Å². The summed E-state index contributed by atoms with van der Waals surface area (Å²) in [5.41, 5.74) is 5.85. The lowest BCUT2D eigenvalue weighted by Crippen LogP contribution is -2.75. The summed E-state index contributed by atoms with van der Waals surface area (Å²) >= 11 is 0. The maximum atomic E-state index is 13.7. The molecule has 4 fully saturated rings. The zero-order valence-electron chi connectivity index (χ0n) is 28.5. The molecule has 1 aliphatic carbocycles. The van der Waals surface area contributed by atoms with Crippen LogP contribution < -0.4 is 10.1 Å². The van der Waals surface area contributed by atoms with Crippen molar-refractivity contribution in [2.45, 2.75) is 32.5 Å². The number of rotatable bonds is 9. The van der Waals surface area contributed by atoms with E-state index in [-0.39, 0.29) is 29.2 Å². The fraction of sp³-hybridized carbons (Fsp3) is 0.385. The minimum atomic E-state index is -1.19. The molecule has 0 radical (unpaired) electrons. The standard InChI is InChI=1S/C39H40N4O7/c1-22-33(36(39(48)49)41-35(22)34(23(2)44)38(41)47)25-8-10-28-30-17-24(7-9-29(30)37(46)31(28)18-25)20-42-11-14-43(15-12-42,16-13-42)21-32(45)40-26-5-4-6-27(19-26)50-3/h4-10,17-19,22-23,34-35,44H,11-16,20-21H2,1-3H3/p+2/t22-,23+,34+,35+,42?,43?/m0/s1. The molecule has 3 N–H and O–H groups in total. The van der Waals surface area contributed by atoms with Crippen LogP contribution in [0, 0.1) is 11.8 Å². The first kappa shape index (κ1) is 32.4. The SMILES string of the molecule is COc1cccc(NC(=O)C[N+]23CC[N+](Cc4ccc5c(c4)-c4ccc(C6=C(C(=O)O)N7C(=O)[C@H]([C@@H](C)O)[C@H]7[C@H]6C)cc4C5=O)(CC2)CC3)c1. The molecule has 4 saturated heterocycles. The van der Waals surface area contributed by atoms with Crippen LogP contribution in [0.15, 0.2) is 66.4 Å². The van der Waals surface area contributed by atoms with Gasteiger partial charge in [-0.25, -0.2) is 4.79 Å². The number of anilines is 1. The van der Waals surface area contributed by atoms with E-state index in [1.54, 1.807) is 20.1 Å². The fourth-order valence-corrected chi connectivity index (χ4v) is 9.35. The second-order valence-corrected chi connectivity index (χ2v) is 14.9. The predicted molar refractivity (Wildman–Crippen MR) is 185 cm³/mol. The Balaban J connectivity index is 0.986. The summed E-state index contributed by atoms with van der Waals surface area (Å²) in [5.74, 6) is -1.91. The zero-order valence-corrected chi connectivity index (χ0v) is 28.5. The second kappa shape index (κ2) is 11.6. The number of ether oxygens (including phenoxy) is 1. The van der Waals surface area contributed by atoms with Crippen LogP contribution in [0.2, 0.25) is 0 Å². The predicted octanol–water partition coefficient (Wildman–Crippen LogP) is 3.36. The van der Waals surface area contributed by atoms with Gasteiger partial charge in [0.2, 0.25) is 5.91 Å². The number of ketones is 1. The summed E-state index contributed by atoms with van der Waals surface area (Å²) in [6.07, 6.45) is -0.884. The van der Waals surface area contributed by atoms with E-state index >= 15 is 0 Å². The van der Waals surface area contributed by atoms with Gasteiger partial charge in [0, 0.05) is 34.4 Å². The Morgan fingerprint density at radius 2 is 1.62 bits per heavy atom. The number of piperazine rings is 3. The van der Waals surface area contributed by atoms with Crippen LogP contribution in [0.25, 0.3) is 16.7 Å². The molecule has 9 rings (SSSR count). The number of benzene rings is 3. The molecule has 0 spiro atoms. The molecule has 3 aromatic rings. The van der Waals surface area contributed by atoms with E-state index in [1.807, 2.05) is 49.4 Å². The molecule has 0 unspecified atom stereocenters. The number of nitrogens with one attached hydrogen (secondary N) is 1. The van der Waals surface area contributed by atoms with Crippen molar-refractivity contribution in [1.82, 2.24) is 4.90 Å². The number of fused-ring (bicyclic) bond motifs is 7. The number of carbonyl (C=O) groups excluding carboxylic acids is 3. The quantitative estimate of drug-likeness (QED) is 0.183. The van der Waals surface area contributed by atoms with E-state index in [4.69, 9.17) is 4.74 Å². The van der Waals surface area contributed by atoms with Gasteiger partial charge in [0.15, 0.2) is 12.3 Å². The molecule has 3 aromatic carbocycles. The number of aliphatic carboxylic acids is 1. The van der Waals surface area contributed by atoms with Crippen LogP contribution in [0.4, 0.5) is 5.69 Å². The Morgan fingerprint density at radius 1 is 0.920 bits per heavy atom. The van der Waals surface area contributed by atoms with E-state index in [2.05, 4.69) is 17.4 Å². The first-order chi connectivity index (χ1) is 23.9. The van der Waals surface area contributed by atoms with E-state index in [0.717, 1.165) is 71.6 Å². The van der Waals surface area contributed by atoms with Gasteiger partial charge < -0.3 is 34.1 Å². The number of hydrogen-bond acceptors (Lipinski definition) is 6. The first-order valence-corrected chi connectivity index (χ1v) is 17.4. The summed E-state index contributed by atoms with van der Waals surface area (Å²) in [5, 5.41) is 23.4. The van der Waals surface area contributed by atoms with Gasteiger partial charge in [0.1, 0.15) is 57.3 Å². The molecular formula is C39H42N4O7+2. The maximum absolute atomic E-state index is 13.7. The van der Waals surface area contributed by atoms with Crippen molar-refractivity contribution in [1.29, 1.82) is 0 Å². The van der Waals surface area contributed by atoms with Gasteiger partial charge in [-0.05, 0) is 59.5 Å². The van der Waals surface area contributed by atoms with E-state index in [0.29, 0.717) is 34.6 Å². The summed E-state index contributed by atoms with van der Waals surface area (Å²) in [6, 6.07) is 18.6. The monoisotopic (exact) mass is 678 g/mol. The highest BCUT2D eigenvalue weighted by molar-refractivity contribution is 6.22. The van der Waals surface area contributed by atoms with Crippen molar-refractivity contribution < 1.29 is 43.1 Å². The smallest absolute Gasteiger partial charge is 0.352 e. The number of carbonyl (C=O) groups is 4. The maximum Gasteiger partial charge on any atom is 0.352 e. The average molecular weight is 679 g/mol. The minimum absolute atomic E-state index is 0.0189. The molecule has 5 aliphatic heterocycles. The molecule has 6 aliphatic rings. The Labute approximate surface area is 290 Å². The van der Waals surface area contributed by atoms with E-state index in [9.17, 15) is 29.4 Å². The van der Waals surface area contributed by atoms with Gasteiger partial charge in [-0.3, -0.25) is 14.4 Å². The summed E-state index contributed by atoms with van der Waals surface area (Å²) in [4.78, 5) is 53.4. The third-order valence-corrected chi connectivity index (χ3v) is 12.1. The molecule has 50 heavy (non-hydrogen) atoms. The average Bonchev–Trinajstić information content (AvgIpc) is 3.52. The van der Waals surface area contributed by atoms with Crippen LogP contribution in [-0.2, 0) is 20.9 Å². The van der Waals surface area contributed by atoms with Gasteiger partial charge in [-0.2, -0.15) is 0 Å². The lowest BCUT2D eigenvalue weighted by atomic mass is 9.76. The van der Waals surface area contributed by atoms with Gasteiger partial charge in [0.05, 0.1) is 25.2 Å². The van der Waals surface area contributed by atoms with Crippen molar-refractivity contribution in [2.24, 2.45) is 11.8 Å². The largest absolute Gasteiger partial charge is 0.497 e. The molecule has 5 heterocycles. The number of amides is 2. The highest BCUT2D eigenvalue weighted by Crippen LogP contribution is 2.51. The molecule has 11 nitrogen and oxygen atoms in total. The van der Waals surface area contributed by atoms with Crippen molar-refractivity contribution in [3.05, 3.63) is 88.6 Å². The fourth-order valence-electron chi connectivity index (χ4n) is 9.35.